The third-order valence-electron chi connectivity index (χ3n) is 4.93. The molecule has 0 unspecified atom stereocenters. The first-order valence-corrected chi connectivity index (χ1v) is 8.04. The fourth-order valence-electron chi connectivity index (χ4n) is 3.66. The van der Waals surface area contributed by atoms with Crippen LogP contribution in [0, 0.1) is 0 Å². The van der Waals surface area contributed by atoms with Crippen molar-refractivity contribution in [1.82, 2.24) is 0 Å². The van der Waals surface area contributed by atoms with E-state index < -0.39 is 0 Å². The summed E-state index contributed by atoms with van der Waals surface area (Å²) >= 11 is 0. The normalized spacial score (nSPS) is 11.7. The fraction of sp³-hybridized carbons (Fsp3) is 0. The van der Waals surface area contributed by atoms with E-state index in [4.69, 9.17) is 11.5 Å². The molecule has 5 aromatic carbocycles. The first kappa shape index (κ1) is 13.2. The third-order valence-corrected chi connectivity index (χ3v) is 4.93. The Hall–Kier alpha value is -3.26. The number of fused-ring (bicyclic) bond motifs is 4. The van der Waals surface area contributed by atoms with Crippen LogP contribution in [0.15, 0.2) is 72.8 Å². The molecule has 0 amide bonds. The van der Waals surface area contributed by atoms with E-state index in [9.17, 15) is 0 Å². The lowest BCUT2D eigenvalue weighted by atomic mass is 9.94. The Bertz CT molecular complexity index is 1070. The van der Waals surface area contributed by atoms with Crippen molar-refractivity contribution in [2.45, 2.75) is 0 Å². The maximum atomic E-state index is 6.55. The highest BCUT2D eigenvalue weighted by atomic mass is 14.6. The molecule has 0 saturated heterocycles. The summed E-state index contributed by atoms with van der Waals surface area (Å²) in [7, 11) is 0. The van der Waals surface area contributed by atoms with Crippen LogP contribution in [0.4, 0.5) is 11.4 Å². The van der Waals surface area contributed by atoms with E-state index in [0.717, 1.165) is 32.9 Å². The number of benzene rings is 5. The summed E-state index contributed by atoms with van der Waals surface area (Å²) in [4.78, 5) is 0. The van der Waals surface area contributed by atoms with Crippen LogP contribution in [0.3, 0.4) is 0 Å². The third kappa shape index (κ3) is 1.71. The number of anilines is 2. The zero-order valence-corrected chi connectivity index (χ0v) is 13.1. The van der Waals surface area contributed by atoms with Gasteiger partial charge < -0.3 is 11.5 Å². The summed E-state index contributed by atoms with van der Waals surface area (Å²) in [6.07, 6.45) is 0. The molecule has 0 fully saturated rings. The molecular weight excluding hydrogens is 292 g/mol. The molecule has 0 saturated carbocycles. The van der Waals surface area contributed by atoms with Crippen molar-refractivity contribution in [3.05, 3.63) is 72.8 Å². The Kier molecular flexibility index (Phi) is 2.54. The van der Waals surface area contributed by atoms with Crippen molar-refractivity contribution < 1.29 is 0 Å². The zero-order valence-electron chi connectivity index (χ0n) is 13.1. The van der Waals surface area contributed by atoms with Crippen LogP contribution in [-0.2, 0) is 0 Å². The smallest absolute Gasteiger partial charge is 0.0475 e. The van der Waals surface area contributed by atoms with Crippen molar-refractivity contribution in [1.29, 1.82) is 0 Å². The summed E-state index contributed by atoms with van der Waals surface area (Å²) in [5.74, 6) is 0. The molecule has 114 valence electrons. The lowest BCUT2D eigenvalue weighted by Crippen LogP contribution is -1.96. The first-order valence-electron chi connectivity index (χ1n) is 8.04. The van der Waals surface area contributed by atoms with Gasteiger partial charge in [0.15, 0.2) is 0 Å². The number of hydrogen-bond donors (Lipinski definition) is 2. The monoisotopic (exact) mass is 308 g/mol. The van der Waals surface area contributed by atoms with Gasteiger partial charge in [0.25, 0.3) is 0 Å². The lowest BCUT2D eigenvalue weighted by molar-refractivity contribution is 1.76. The fourth-order valence-corrected chi connectivity index (χ4v) is 3.66. The van der Waals surface area contributed by atoms with Gasteiger partial charge in [-0.15, -0.1) is 0 Å². The Balaban J connectivity index is 2.04. The number of nitrogens with two attached hydrogens (primary N) is 2. The zero-order chi connectivity index (χ0) is 16.3. The average Bonchev–Trinajstić information content (AvgIpc) is 2.64. The largest absolute Gasteiger partial charge is 0.398 e. The van der Waals surface area contributed by atoms with Gasteiger partial charge in [-0.3, -0.25) is 0 Å². The second-order valence-corrected chi connectivity index (χ2v) is 6.32. The van der Waals surface area contributed by atoms with Crippen LogP contribution in [0.25, 0.3) is 43.1 Å². The van der Waals surface area contributed by atoms with Crippen LogP contribution >= 0.6 is 0 Å². The topological polar surface area (TPSA) is 52.0 Å². The minimum Gasteiger partial charge on any atom is -0.398 e. The molecule has 0 aromatic heterocycles. The molecule has 0 heterocycles. The molecule has 0 aliphatic heterocycles. The van der Waals surface area contributed by atoms with E-state index in [2.05, 4.69) is 48.5 Å². The van der Waals surface area contributed by atoms with Crippen LogP contribution in [0.5, 0.6) is 0 Å². The second-order valence-electron chi connectivity index (χ2n) is 6.32. The molecule has 0 spiro atoms. The highest BCUT2D eigenvalue weighted by Crippen LogP contribution is 2.40. The van der Waals surface area contributed by atoms with E-state index in [1.54, 1.807) is 0 Å². The molecule has 0 aliphatic carbocycles. The Morgan fingerprint density at radius 2 is 0.667 bits per heavy atom. The van der Waals surface area contributed by atoms with Crippen molar-refractivity contribution in [3.63, 3.8) is 0 Å². The summed E-state index contributed by atoms with van der Waals surface area (Å²) < 4.78 is 0. The minimum atomic E-state index is 0.797. The van der Waals surface area contributed by atoms with Crippen molar-refractivity contribution in [3.8, 4) is 0 Å². The highest BCUT2D eigenvalue weighted by molar-refractivity contribution is 6.22. The number of nitrogen functional groups attached to an aromatic ring is 2. The Morgan fingerprint density at radius 3 is 0.917 bits per heavy atom. The highest BCUT2D eigenvalue weighted by Gasteiger charge is 2.12. The Labute approximate surface area is 139 Å². The van der Waals surface area contributed by atoms with Gasteiger partial charge in [0, 0.05) is 32.9 Å². The molecule has 2 heteroatoms. The Morgan fingerprint density at radius 1 is 0.417 bits per heavy atom. The van der Waals surface area contributed by atoms with E-state index in [1.807, 2.05) is 24.3 Å². The maximum absolute atomic E-state index is 6.55. The summed E-state index contributed by atoms with van der Waals surface area (Å²) in [6, 6.07) is 25.2. The van der Waals surface area contributed by atoms with E-state index in [1.165, 1.54) is 21.5 Å². The second kappa shape index (κ2) is 4.62. The SMILES string of the molecule is Nc1c2cc3ccccc3cc2c(N)c2cc3ccccc3cc12. The molecule has 5 aromatic rings. The standard InChI is InChI=1S/C22H16N2/c23-21-17-9-13-5-1-2-6-14(13)10-18(17)22(24)20-12-16-8-4-3-7-15(16)11-19(20)21/h1-12H,23-24H2. The minimum absolute atomic E-state index is 0.797. The van der Waals surface area contributed by atoms with Gasteiger partial charge in [0.05, 0.1) is 0 Å². The van der Waals surface area contributed by atoms with Crippen molar-refractivity contribution in [2.75, 3.05) is 11.5 Å². The molecule has 0 radical (unpaired) electrons. The predicted molar refractivity (Wildman–Crippen MR) is 105 cm³/mol. The van der Waals surface area contributed by atoms with Crippen molar-refractivity contribution in [2.24, 2.45) is 0 Å². The van der Waals surface area contributed by atoms with Crippen LogP contribution in [0.1, 0.15) is 0 Å². The predicted octanol–water partition coefficient (Wildman–Crippen LogP) is 5.46. The van der Waals surface area contributed by atoms with Gasteiger partial charge in [-0.1, -0.05) is 48.5 Å². The van der Waals surface area contributed by atoms with Gasteiger partial charge in [-0.2, -0.15) is 0 Å². The van der Waals surface area contributed by atoms with Crippen LogP contribution in [0.2, 0.25) is 0 Å². The van der Waals surface area contributed by atoms with Crippen molar-refractivity contribution >= 4 is 54.5 Å². The maximum Gasteiger partial charge on any atom is 0.0475 e. The van der Waals surface area contributed by atoms with E-state index >= 15 is 0 Å². The van der Waals surface area contributed by atoms with Gasteiger partial charge in [0.1, 0.15) is 0 Å². The molecule has 24 heavy (non-hydrogen) atoms. The quantitative estimate of drug-likeness (QED) is 0.226. The summed E-state index contributed by atoms with van der Waals surface area (Å²) in [5, 5.41) is 8.80. The average molecular weight is 308 g/mol. The van der Waals surface area contributed by atoms with Gasteiger partial charge in [-0.05, 0) is 45.8 Å². The van der Waals surface area contributed by atoms with Gasteiger partial charge in [-0.25, -0.2) is 0 Å². The summed E-state index contributed by atoms with van der Waals surface area (Å²) in [5.41, 5.74) is 14.7. The summed E-state index contributed by atoms with van der Waals surface area (Å²) in [6.45, 7) is 0. The van der Waals surface area contributed by atoms with Gasteiger partial charge in [0.2, 0.25) is 0 Å². The van der Waals surface area contributed by atoms with E-state index in [0.29, 0.717) is 0 Å². The van der Waals surface area contributed by atoms with Crippen LogP contribution < -0.4 is 11.5 Å². The van der Waals surface area contributed by atoms with Crippen LogP contribution in [-0.4, -0.2) is 0 Å². The molecule has 0 aliphatic rings. The van der Waals surface area contributed by atoms with Gasteiger partial charge >= 0.3 is 0 Å². The molecule has 0 atom stereocenters. The molecular formula is C22H16N2. The lowest BCUT2D eigenvalue weighted by Gasteiger charge is -2.14. The molecule has 4 N–H and O–H groups in total. The molecule has 2 nitrogen and oxygen atoms in total. The molecule has 5 rings (SSSR count). The molecule has 0 bridgehead atoms. The first-order chi connectivity index (χ1) is 11.7. The number of rotatable bonds is 0. The van der Waals surface area contributed by atoms with E-state index in [-0.39, 0.29) is 0 Å². The number of hydrogen-bond acceptors (Lipinski definition) is 2.